The zero-order valence-corrected chi connectivity index (χ0v) is 11.8. The van der Waals surface area contributed by atoms with Gasteiger partial charge in [-0.15, -0.1) is 0 Å². The van der Waals surface area contributed by atoms with E-state index < -0.39 is 0 Å². The van der Waals surface area contributed by atoms with Crippen molar-refractivity contribution in [2.75, 3.05) is 5.43 Å². The summed E-state index contributed by atoms with van der Waals surface area (Å²) in [6.45, 7) is 5.96. The minimum absolute atomic E-state index is 0.193. The van der Waals surface area contributed by atoms with E-state index in [1.807, 2.05) is 26.8 Å². The molecule has 0 unspecified atom stereocenters. The predicted molar refractivity (Wildman–Crippen MR) is 76.1 cm³/mol. The molecule has 0 radical (unpaired) electrons. The van der Waals surface area contributed by atoms with Gasteiger partial charge in [0.1, 0.15) is 5.76 Å². The van der Waals surface area contributed by atoms with Crippen LogP contribution in [0.3, 0.4) is 0 Å². The van der Waals surface area contributed by atoms with Gasteiger partial charge in [0.15, 0.2) is 0 Å². The van der Waals surface area contributed by atoms with Crippen molar-refractivity contribution in [2.24, 2.45) is 5.84 Å². The number of aromatic nitrogens is 1. The van der Waals surface area contributed by atoms with Gasteiger partial charge < -0.3 is 15.3 Å². The first kappa shape index (κ1) is 14.1. The first-order valence-corrected chi connectivity index (χ1v) is 6.30. The molecule has 6 heteroatoms. The zero-order chi connectivity index (χ0) is 14.7. The Labute approximate surface area is 117 Å². The molecular weight excluding hydrogens is 256 g/mol. The fourth-order valence-corrected chi connectivity index (χ4v) is 1.99. The summed E-state index contributed by atoms with van der Waals surface area (Å²) in [5.74, 6) is 5.94. The van der Waals surface area contributed by atoms with E-state index in [1.54, 1.807) is 12.1 Å². The third-order valence-electron chi connectivity index (χ3n) is 3.18. The van der Waals surface area contributed by atoms with Crippen LogP contribution in [-0.2, 0) is 6.54 Å². The van der Waals surface area contributed by atoms with Gasteiger partial charge in [-0.3, -0.25) is 10.6 Å². The Kier molecular flexibility index (Phi) is 4.05. The number of hydrazine groups is 1. The SMILES string of the molecule is Cc1ccc(NN)c(C(=O)NCc2c(C)noc2C)c1. The summed E-state index contributed by atoms with van der Waals surface area (Å²) < 4.78 is 5.06. The standard InChI is InChI=1S/C14H18N4O2/c1-8-4-5-13(17-15)11(6-8)14(19)16-7-12-9(2)18-20-10(12)3/h4-6,17H,7,15H2,1-3H3,(H,16,19). The molecule has 106 valence electrons. The maximum atomic E-state index is 12.2. The maximum Gasteiger partial charge on any atom is 0.253 e. The molecule has 0 atom stereocenters. The van der Waals surface area contributed by atoms with Crippen molar-refractivity contribution in [3.8, 4) is 0 Å². The van der Waals surface area contributed by atoms with Crippen LogP contribution in [0.15, 0.2) is 22.7 Å². The van der Waals surface area contributed by atoms with E-state index in [4.69, 9.17) is 10.4 Å². The number of hydrogen-bond acceptors (Lipinski definition) is 5. The normalized spacial score (nSPS) is 10.4. The van der Waals surface area contributed by atoms with Gasteiger partial charge in [0, 0.05) is 12.1 Å². The number of aryl methyl sites for hydroxylation is 3. The van der Waals surface area contributed by atoms with Crippen molar-refractivity contribution >= 4 is 11.6 Å². The smallest absolute Gasteiger partial charge is 0.253 e. The number of nitrogen functional groups attached to an aromatic ring is 1. The number of nitrogens with two attached hydrogens (primary N) is 1. The molecule has 0 saturated carbocycles. The highest BCUT2D eigenvalue weighted by atomic mass is 16.5. The fraction of sp³-hybridized carbons (Fsp3) is 0.286. The number of carbonyl (C=O) groups excluding carboxylic acids is 1. The number of nitrogens with zero attached hydrogens (tertiary/aromatic N) is 1. The van der Waals surface area contributed by atoms with E-state index in [-0.39, 0.29) is 5.91 Å². The Morgan fingerprint density at radius 1 is 1.35 bits per heavy atom. The number of amides is 1. The molecule has 2 aromatic rings. The van der Waals surface area contributed by atoms with Crippen LogP contribution < -0.4 is 16.6 Å². The average Bonchev–Trinajstić information content (AvgIpc) is 2.75. The summed E-state index contributed by atoms with van der Waals surface area (Å²) in [4.78, 5) is 12.2. The predicted octanol–water partition coefficient (Wildman–Crippen LogP) is 1.82. The van der Waals surface area contributed by atoms with E-state index in [0.717, 1.165) is 16.8 Å². The molecule has 1 aromatic carbocycles. The molecule has 0 spiro atoms. The Bertz CT molecular complexity index is 615. The van der Waals surface area contributed by atoms with Crippen LogP contribution in [0.25, 0.3) is 0 Å². The highest BCUT2D eigenvalue weighted by Gasteiger charge is 2.14. The number of benzene rings is 1. The molecular formula is C14H18N4O2. The highest BCUT2D eigenvalue weighted by molar-refractivity contribution is 5.99. The number of nitrogens with one attached hydrogen (secondary N) is 2. The molecule has 1 aromatic heterocycles. The van der Waals surface area contributed by atoms with E-state index in [1.165, 1.54) is 0 Å². The summed E-state index contributed by atoms with van der Waals surface area (Å²) in [5, 5.41) is 6.71. The molecule has 1 amide bonds. The van der Waals surface area contributed by atoms with Crippen molar-refractivity contribution in [3.63, 3.8) is 0 Å². The minimum atomic E-state index is -0.193. The average molecular weight is 274 g/mol. The van der Waals surface area contributed by atoms with E-state index in [0.29, 0.717) is 23.6 Å². The number of anilines is 1. The lowest BCUT2D eigenvalue weighted by Crippen LogP contribution is -2.25. The van der Waals surface area contributed by atoms with E-state index >= 15 is 0 Å². The highest BCUT2D eigenvalue weighted by Crippen LogP contribution is 2.17. The van der Waals surface area contributed by atoms with Crippen LogP contribution in [0.5, 0.6) is 0 Å². The molecule has 0 bridgehead atoms. The maximum absolute atomic E-state index is 12.2. The van der Waals surface area contributed by atoms with Crippen molar-refractivity contribution in [1.82, 2.24) is 10.5 Å². The number of hydrogen-bond donors (Lipinski definition) is 3. The molecule has 2 rings (SSSR count). The lowest BCUT2D eigenvalue weighted by Gasteiger charge is -2.10. The van der Waals surface area contributed by atoms with Crippen LogP contribution in [0.2, 0.25) is 0 Å². The topological polar surface area (TPSA) is 93.2 Å². The number of carbonyl (C=O) groups is 1. The van der Waals surface area contributed by atoms with Gasteiger partial charge in [0.05, 0.1) is 16.9 Å². The fourth-order valence-electron chi connectivity index (χ4n) is 1.99. The molecule has 0 aliphatic rings. The molecule has 0 saturated heterocycles. The molecule has 0 aliphatic heterocycles. The monoisotopic (exact) mass is 274 g/mol. The van der Waals surface area contributed by atoms with Gasteiger partial charge in [-0.1, -0.05) is 16.8 Å². The second-order valence-electron chi connectivity index (χ2n) is 4.68. The molecule has 1 heterocycles. The summed E-state index contributed by atoms with van der Waals surface area (Å²) in [6, 6.07) is 5.46. The molecule has 6 nitrogen and oxygen atoms in total. The first-order chi connectivity index (χ1) is 9.52. The van der Waals surface area contributed by atoms with Gasteiger partial charge in [0.2, 0.25) is 0 Å². The van der Waals surface area contributed by atoms with E-state index in [2.05, 4.69) is 15.9 Å². The van der Waals surface area contributed by atoms with Crippen LogP contribution in [0.1, 0.15) is 32.9 Å². The number of rotatable bonds is 4. The van der Waals surface area contributed by atoms with Gasteiger partial charge in [-0.2, -0.15) is 0 Å². The van der Waals surface area contributed by atoms with Gasteiger partial charge >= 0.3 is 0 Å². The Morgan fingerprint density at radius 3 is 2.70 bits per heavy atom. The molecule has 4 N–H and O–H groups in total. The van der Waals surface area contributed by atoms with Gasteiger partial charge in [-0.25, -0.2) is 0 Å². The summed E-state index contributed by atoms with van der Waals surface area (Å²) >= 11 is 0. The lowest BCUT2D eigenvalue weighted by molar-refractivity contribution is 0.0951. The Morgan fingerprint density at radius 2 is 2.10 bits per heavy atom. The van der Waals surface area contributed by atoms with Crippen molar-refractivity contribution in [3.05, 3.63) is 46.3 Å². The third-order valence-corrected chi connectivity index (χ3v) is 3.18. The quantitative estimate of drug-likeness (QED) is 0.584. The largest absolute Gasteiger partial charge is 0.361 e. The molecule has 0 aliphatic carbocycles. The molecule has 0 fully saturated rings. The van der Waals surface area contributed by atoms with Crippen molar-refractivity contribution in [2.45, 2.75) is 27.3 Å². The van der Waals surface area contributed by atoms with Gasteiger partial charge in [0.25, 0.3) is 5.91 Å². The van der Waals surface area contributed by atoms with Gasteiger partial charge in [-0.05, 0) is 32.9 Å². The second kappa shape index (κ2) is 5.75. The van der Waals surface area contributed by atoms with Crippen molar-refractivity contribution < 1.29 is 9.32 Å². The van der Waals surface area contributed by atoms with Crippen molar-refractivity contribution in [1.29, 1.82) is 0 Å². The first-order valence-electron chi connectivity index (χ1n) is 6.30. The summed E-state index contributed by atoms with van der Waals surface area (Å²) in [5.41, 5.74) is 6.30. The van der Waals surface area contributed by atoms with Crippen LogP contribution in [0, 0.1) is 20.8 Å². The van der Waals surface area contributed by atoms with E-state index in [9.17, 15) is 4.79 Å². The minimum Gasteiger partial charge on any atom is -0.361 e. The van der Waals surface area contributed by atoms with Crippen LogP contribution in [-0.4, -0.2) is 11.1 Å². The second-order valence-corrected chi connectivity index (χ2v) is 4.68. The zero-order valence-electron chi connectivity index (χ0n) is 11.8. The summed E-state index contributed by atoms with van der Waals surface area (Å²) in [6.07, 6.45) is 0. The third kappa shape index (κ3) is 2.80. The summed E-state index contributed by atoms with van der Waals surface area (Å²) in [7, 11) is 0. The van der Waals surface area contributed by atoms with Crippen LogP contribution in [0.4, 0.5) is 5.69 Å². The lowest BCUT2D eigenvalue weighted by atomic mass is 10.1. The Balaban J connectivity index is 2.15. The van der Waals surface area contributed by atoms with Crippen LogP contribution >= 0.6 is 0 Å². The molecule has 20 heavy (non-hydrogen) atoms. The Hall–Kier alpha value is -2.34.